The van der Waals surface area contributed by atoms with Crippen molar-refractivity contribution in [2.24, 2.45) is 0 Å². The maximum atomic E-state index is 12.8. The Bertz CT molecular complexity index is 966. The first-order valence-corrected chi connectivity index (χ1v) is 7.18. The normalized spacial score (nSPS) is 12.5. The van der Waals surface area contributed by atoms with E-state index in [9.17, 15) is 35.9 Å². The Balaban J connectivity index is 2.35. The number of rotatable bonds is 2. The van der Waals surface area contributed by atoms with E-state index in [0.29, 0.717) is 0 Å². The fourth-order valence-corrected chi connectivity index (χ4v) is 2.75. The molecule has 0 heterocycles. The van der Waals surface area contributed by atoms with Crippen molar-refractivity contribution in [3.8, 4) is 0 Å². The molecule has 3 aromatic carbocycles. The summed E-state index contributed by atoms with van der Waals surface area (Å²) in [6.07, 6.45) is -10.3. The molecule has 0 bridgehead atoms. The molecule has 134 valence electrons. The third-order valence-corrected chi connectivity index (χ3v) is 3.88. The first kappa shape index (κ1) is 17.9. The Morgan fingerprint density at radius 2 is 1.00 bits per heavy atom. The summed E-state index contributed by atoms with van der Waals surface area (Å²) < 4.78 is 76.7. The van der Waals surface area contributed by atoms with Gasteiger partial charge >= 0.3 is 12.4 Å². The molecular weight excluding hydrogens is 362 g/mol. The SMILES string of the molecule is O=C(c1cccc2cc3cccc(C(=O)C(F)(F)F)c3cc12)C(F)(F)F. The largest absolute Gasteiger partial charge is 0.454 e. The summed E-state index contributed by atoms with van der Waals surface area (Å²) >= 11 is 0. The molecule has 0 spiro atoms. The Labute approximate surface area is 142 Å². The molecule has 0 aromatic heterocycles. The molecule has 0 aliphatic heterocycles. The first-order valence-electron chi connectivity index (χ1n) is 7.18. The van der Waals surface area contributed by atoms with Crippen molar-refractivity contribution in [1.29, 1.82) is 0 Å². The van der Waals surface area contributed by atoms with Gasteiger partial charge in [-0.1, -0.05) is 36.4 Å². The van der Waals surface area contributed by atoms with Crippen LogP contribution in [0.5, 0.6) is 0 Å². The number of alkyl halides is 6. The molecule has 0 amide bonds. The van der Waals surface area contributed by atoms with Crippen molar-refractivity contribution < 1.29 is 35.9 Å². The standard InChI is InChI=1S/C18H8F6O2/c19-17(20,21)15(25)11-5-1-3-9-7-10-4-2-6-12(14(10)8-13(9)11)16(26)18(22,23)24/h1-8H. The highest BCUT2D eigenvalue weighted by Crippen LogP contribution is 2.33. The molecule has 8 heteroatoms. The van der Waals surface area contributed by atoms with Gasteiger partial charge in [-0.05, 0) is 33.7 Å². The zero-order valence-electron chi connectivity index (χ0n) is 12.7. The molecule has 26 heavy (non-hydrogen) atoms. The van der Waals surface area contributed by atoms with Crippen molar-refractivity contribution in [3.05, 3.63) is 59.7 Å². The van der Waals surface area contributed by atoms with Gasteiger partial charge < -0.3 is 0 Å². The quantitative estimate of drug-likeness (QED) is 0.340. The average Bonchev–Trinajstić information content (AvgIpc) is 2.56. The predicted molar refractivity (Wildman–Crippen MR) is 82.2 cm³/mol. The van der Waals surface area contributed by atoms with Crippen LogP contribution in [0.1, 0.15) is 20.7 Å². The van der Waals surface area contributed by atoms with E-state index in [1.165, 1.54) is 30.3 Å². The minimum Gasteiger partial charge on any atom is -0.284 e. The summed E-state index contributed by atoms with van der Waals surface area (Å²) in [5.74, 6) is -4.22. The highest BCUT2D eigenvalue weighted by Gasteiger charge is 2.41. The Kier molecular flexibility index (Phi) is 4.01. The summed E-state index contributed by atoms with van der Waals surface area (Å²) in [4.78, 5) is 23.2. The third-order valence-electron chi connectivity index (χ3n) is 3.88. The van der Waals surface area contributed by atoms with Crippen LogP contribution in [0.25, 0.3) is 21.5 Å². The summed E-state index contributed by atoms with van der Waals surface area (Å²) in [6, 6.07) is 9.60. The van der Waals surface area contributed by atoms with Crippen LogP contribution in [0.2, 0.25) is 0 Å². The van der Waals surface area contributed by atoms with E-state index in [1.54, 1.807) is 0 Å². The molecule has 0 atom stereocenters. The summed E-state index contributed by atoms with van der Waals surface area (Å²) in [5, 5.41) is 0.128. The van der Waals surface area contributed by atoms with Crippen molar-refractivity contribution in [2.75, 3.05) is 0 Å². The number of carbonyl (C=O) groups excluding carboxylic acids is 2. The summed E-state index contributed by atoms with van der Waals surface area (Å²) in [5.41, 5.74) is -1.38. The summed E-state index contributed by atoms with van der Waals surface area (Å²) in [7, 11) is 0. The molecule has 0 aliphatic carbocycles. The Morgan fingerprint density at radius 3 is 1.35 bits per heavy atom. The van der Waals surface area contributed by atoms with Gasteiger partial charge in [-0.3, -0.25) is 9.59 Å². The number of Topliss-reactive ketones (excluding diaryl/α,β-unsaturated/α-hetero) is 2. The number of hydrogen-bond donors (Lipinski definition) is 0. The Morgan fingerprint density at radius 1 is 0.615 bits per heavy atom. The third kappa shape index (κ3) is 3.02. The van der Waals surface area contributed by atoms with Gasteiger partial charge in [-0.15, -0.1) is 0 Å². The monoisotopic (exact) mass is 370 g/mol. The highest BCUT2D eigenvalue weighted by molar-refractivity contribution is 6.17. The van der Waals surface area contributed by atoms with Gasteiger partial charge in [0, 0.05) is 11.1 Å². The smallest absolute Gasteiger partial charge is 0.284 e. The maximum absolute atomic E-state index is 12.8. The lowest BCUT2D eigenvalue weighted by Crippen LogP contribution is -2.23. The van der Waals surface area contributed by atoms with Crippen LogP contribution in [0, 0.1) is 0 Å². The first-order chi connectivity index (χ1) is 12.0. The van der Waals surface area contributed by atoms with Gasteiger partial charge in [0.15, 0.2) is 0 Å². The Hall–Kier alpha value is -2.90. The minimum absolute atomic E-state index is 0.176. The topological polar surface area (TPSA) is 34.1 Å². The van der Waals surface area contributed by atoms with E-state index in [0.717, 1.165) is 18.2 Å². The molecule has 0 fully saturated rings. The molecular formula is C18H8F6O2. The van der Waals surface area contributed by atoms with Crippen LogP contribution < -0.4 is 0 Å². The second kappa shape index (κ2) is 5.82. The van der Waals surface area contributed by atoms with Gasteiger partial charge in [0.25, 0.3) is 11.6 Å². The molecule has 0 saturated heterocycles. The van der Waals surface area contributed by atoms with Gasteiger partial charge in [0.2, 0.25) is 0 Å². The van der Waals surface area contributed by atoms with E-state index in [-0.39, 0.29) is 21.5 Å². The molecule has 0 radical (unpaired) electrons. The molecule has 0 unspecified atom stereocenters. The molecule has 0 aliphatic rings. The van der Waals surface area contributed by atoms with Crippen LogP contribution in [0.3, 0.4) is 0 Å². The molecule has 2 nitrogen and oxygen atoms in total. The molecule has 3 rings (SSSR count). The van der Waals surface area contributed by atoms with Crippen LogP contribution in [-0.4, -0.2) is 23.9 Å². The zero-order chi connectivity index (χ0) is 19.3. The minimum atomic E-state index is -5.13. The van der Waals surface area contributed by atoms with Gasteiger partial charge in [-0.2, -0.15) is 26.3 Å². The van der Waals surface area contributed by atoms with Crippen molar-refractivity contribution in [2.45, 2.75) is 12.4 Å². The predicted octanol–water partition coefficient (Wildman–Crippen LogP) is 5.48. The van der Waals surface area contributed by atoms with Gasteiger partial charge in [-0.25, -0.2) is 0 Å². The van der Waals surface area contributed by atoms with Crippen LogP contribution in [0.4, 0.5) is 26.3 Å². The lowest BCUT2D eigenvalue weighted by atomic mass is 9.94. The number of benzene rings is 3. The maximum Gasteiger partial charge on any atom is 0.454 e. The van der Waals surface area contributed by atoms with E-state index in [1.807, 2.05) is 0 Å². The van der Waals surface area contributed by atoms with Crippen LogP contribution in [0.15, 0.2) is 48.5 Å². The lowest BCUT2D eigenvalue weighted by Gasteiger charge is -2.12. The second-order valence-electron chi connectivity index (χ2n) is 5.56. The van der Waals surface area contributed by atoms with E-state index >= 15 is 0 Å². The number of hydrogen-bond acceptors (Lipinski definition) is 2. The van der Waals surface area contributed by atoms with Gasteiger partial charge in [0.05, 0.1) is 0 Å². The van der Waals surface area contributed by atoms with Gasteiger partial charge in [0.1, 0.15) is 0 Å². The lowest BCUT2D eigenvalue weighted by molar-refractivity contribution is -0.0886. The fraction of sp³-hybridized carbons (Fsp3) is 0.111. The zero-order valence-corrected chi connectivity index (χ0v) is 12.7. The molecule has 3 aromatic rings. The molecule has 0 N–H and O–H groups in total. The van der Waals surface area contributed by atoms with Crippen LogP contribution in [-0.2, 0) is 0 Å². The highest BCUT2D eigenvalue weighted by atomic mass is 19.4. The number of halogens is 6. The average molecular weight is 370 g/mol. The second-order valence-corrected chi connectivity index (χ2v) is 5.56. The van der Waals surface area contributed by atoms with Crippen molar-refractivity contribution in [1.82, 2.24) is 0 Å². The van der Waals surface area contributed by atoms with E-state index < -0.39 is 35.0 Å². The number of fused-ring (bicyclic) bond motifs is 2. The van der Waals surface area contributed by atoms with Crippen molar-refractivity contribution >= 4 is 33.1 Å². The fourth-order valence-electron chi connectivity index (χ4n) is 2.75. The van der Waals surface area contributed by atoms with E-state index in [4.69, 9.17) is 0 Å². The number of ketones is 2. The van der Waals surface area contributed by atoms with Crippen LogP contribution >= 0.6 is 0 Å². The van der Waals surface area contributed by atoms with E-state index in [2.05, 4.69) is 0 Å². The number of carbonyl (C=O) groups is 2. The summed E-state index contributed by atoms with van der Waals surface area (Å²) in [6.45, 7) is 0. The molecule has 0 saturated carbocycles. The van der Waals surface area contributed by atoms with Crippen molar-refractivity contribution in [3.63, 3.8) is 0 Å².